The molecular formula is C15H30N2O2S. The number of aliphatic hydroxyl groups is 1. The summed E-state index contributed by atoms with van der Waals surface area (Å²) in [6.07, 6.45) is 2.65. The number of nitrogens with one attached hydrogen (secondary N) is 1. The fourth-order valence-corrected chi connectivity index (χ4v) is 3.74. The van der Waals surface area contributed by atoms with E-state index in [-0.39, 0.29) is 29.9 Å². The monoisotopic (exact) mass is 302 g/mol. The molecule has 3 unspecified atom stereocenters. The molecule has 1 fully saturated rings. The number of carbonyl (C=O) groups is 1. The van der Waals surface area contributed by atoms with Gasteiger partial charge in [0.2, 0.25) is 5.91 Å². The minimum atomic E-state index is -0.0359. The van der Waals surface area contributed by atoms with E-state index < -0.39 is 0 Å². The highest BCUT2D eigenvalue weighted by Gasteiger charge is 2.44. The molecule has 5 heteroatoms. The van der Waals surface area contributed by atoms with Crippen LogP contribution < -0.4 is 11.1 Å². The standard InChI is InChI=1S/C15H30N2O2S/c1-11-13(16)6-5-12(15(11,2)3)14(19)17-7-10-20-9-4-8-18/h11-13,18H,4-10,16H2,1-3H3,(H,17,19). The maximum absolute atomic E-state index is 12.4. The van der Waals surface area contributed by atoms with E-state index >= 15 is 0 Å². The lowest BCUT2D eigenvalue weighted by molar-refractivity contribution is -0.132. The Hall–Kier alpha value is -0.260. The minimum Gasteiger partial charge on any atom is -0.396 e. The first-order valence-electron chi connectivity index (χ1n) is 7.63. The second-order valence-corrected chi connectivity index (χ2v) is 7.61. The number of aliphatic hydroxyl groups excluding tert-OH is 1. The Balaban J connectivity index is 2.35. The molecule has 4 nitrogen and oxygen atoms in total. The van der Waals surface area contributed by atoms with E-state index in [0.29, 0.717) is 12.5 Å². The van der Waals surface area contributed by atoms with Gasteiger partial charge in [-0.3, -0.25) is 4.79 Å². The Kier molecular flexibility index (Phi) is 7.34. The smallest absolute Gasteiger partial charge is 0.223 e. The molecule has 0 aromatic rings. The van der Waals surface area contributed by atoms with E-state index in [9.17, 15) is 4.79 Å². The average molecular weight is 302 g/mol. The van der Waals surface area contributed by atoms with Gasteiger partial charge < -0.3 is 16.2 Å². The fourth-order valence-electron chi connectivity index (χ4n) is 2.96. The van der Waals surface area contributed by atoms with Gasteiger partial charge in [-0.05, 0) is 36.3 Å². The highest BCUT2D eigenvalue weighted by Crippen LogP contribution is 2.44. The molecule has 4 N–H and O–H groups in total. The molecule has 0 saturated heterocycles. The molecule has 0 radical (unpaired) electrons. The minimum absolute atomic E-state index is 0.0359. The van der Waals surface area contributed by atoms with Crippen LogP contribution in [0.15, 0.2) is 0 Å². The van der Waals surface area contributed by atoms with E-state index in [1.54, 1.807) is 11.8 Å². The van der Waals surface area contributed by atoms with E-state index in [0.717, 1.165) is 30.8 Å². The normalized spacial score (nSPS) is 29.1. The summed E-state index contributed by atoms with van der Waals surface area (Å²) in [5, 5.41) is 11.7. The lowest BCUT2D eigenvalue weighted by Crippen LogP contribution is -2.51. The first kappa shape index (κ1) is 17.8. The van der Waals surface area contributed by atoms with Gasteiger partial charge in [0.15, 0.2) is 0 Å². The van der Waals surface area contributed by atoms with Crippen molar-refractivity contribution in [1.29, 1.82) is 0 Å². The van der Waals surface area contributed by atoms with Crippen LogP contribution in [0, 0.1) is 17.3 Å². The Morgan fingerprint density at radius 1 is 1.40 bits per heavy atom. The molecule has 0 bridgehead atoms. The first-order valence-corrected chi connectivity index (χ1v) is 8.78. The van der Waals surface area contributed by atoms with Crippen molar-refractivity contribution in [3.63, 3.8) is 0 Å². The summed E-state index contributed by atoms with van der Waals surface area (Å²) in [6.45, 7) is 7.44. The number of thioether (sulfide) groups is 1. The van der Waals surface area contributed by atoms with Crippen LogP contribution >= 0.6 is 11.8 Å². The van der Waals surface area contributed by atoms with Crippen molar-refractivity contribution in [3.05, 3.63) is 0 Å². The van der Waals surface area contributed by atoms with Gasteiger partial charge in [0, 0.05) is 30.9 Å². The fraction of sp³-hybridized carbons (Fsp3) is 0.933. The van der Waals surface area contributed by atoms with Crippen LogP contribution in [-0.2, 0) is 4.79 Å². The number of rotatable bonds is 7. The Labute approximate surface area is 127 Å². The third-order valence-corrected chi connectivity index (χ3v) is 5.88. The molecule has 20 heavy (non-hydrogen) atoms. The lowest BCUT2D eigenvalue weighted by Gasteiger charge is -2.46. The van der Waals surface area contributed by atoms with Crippen LogP contribution in [0.25, 0.3) is 0 Å². The Morgan fingerprint density at radius 2 is 2.10 bits per heavy atom. The zero-order valence-corrected chi connectivity index (χ0v) is 13.8. The highest BCUT2D eigenvalue weighted by molar-refractivity contribution is 7.99. The summed E-state index contributed by atoms with van der Waals surface area (Å²) < 4.78 is 0. The van der Waals surface area contributed by atoms with Crippen LogP contribution in [0.4, 0.5) is 0 Å². The number of nitrogens with two attached hydrogens (primary N) is 1. The topological polar surface area (TPSA) is 75.4 Å². The second-order valence-electron chi connectivity index (χ2n) is 6.38. The van der Waals surface area contributed by atoms with Crippen LogP contribution in [0.3, 0.4) is 0 Å². The van der Waals surface area contributed by atoms with Gasteiger partial charge in [-0.1, -0.05) is 20.8 Å². The summed E-state index contributed by atoms with van der Waals surface area (Å²) in [7, 11) is 0. The zero-order chi connectivity index (χ0) is 15.2. The number of hydrogen-bond donors (Lipinski definition) is 3. The molecule has 1 saturated carbocycles. The molecule has 0 aromatic carbocycles. The van der Waals surface area contributed by atoms with E-state index in [1.165, 1.54) is 0 Å². The quantitative estimate of drug-likeness (QED) is 0.625. The van der Waals surface area contributed by atoms with Gasteiger partial charge in [0.05, 0.1) is 0 Å². The summed E-state index contributed by atoms with van der Waals surface area (Å²) in [4.78, 5) is 12.4. The molecule has 0 heterocycles. The molecule has 1 aliphatic carbocycles. The Bertz CT molecular complexity index is 310. The van der Waals surface area contributed by atoms with E-state index in [2.05, 4.69) is 26.1 Å². The molecular weight excluding hydrogens is 272 g/mol. The van der Waals surface area contributed by atoms with Crippen LogP contribution in [0.2, 0.25) is 0 Å². The van der Waals surface area contributed by atoms with Gasteiger partial charge in [-0.25, -0.2) is 0 Å². The molecule has 0 aliphatic heterocycles. The van der Waals surface area contributed by atoms with Crippen LogP contribution in [0.1, 0.15) is 40.0 Å². The summed E-state index contributed by atoms with van der Waals surface area (Å²) in [5.41, 5.74) is 6.09. The predicted octanol–water partition coefficient (Wildman–Crippen LogP) is 1.62. The van der Waals surface area contributed by atoms with Gasteiger partial charge in [0.25, 0.3) is 0 Å². The first-order chi connectivity index (χ1) is 9.41. The van der Waals surface area contributed by atoms with Crippen molar-refractivity contribution in [2.45, 2.75) is 46.1 Å². The van der Waals surface area contributed by atoms with Gasteiger partial charge >= 0.3 is 0 Å². The number of carbonyl (C=O) groups excluding carboxylic acids is 1. The SMILES string of the molecule is CC1C(N)CCC(C(=O)NCCSCCCO)C1(C)C. The lowest BCUT2D eigenvalue weighted by atomic mass is 9.61. The van der Waals surface area contributed by atoms with Gasteiger partial charge in [0.1, 0.15) is 0 Å². The zero-order valence-electron chi connectivity index (χ0n) is 13.0. The maximum atomic E-state index is 12.4. The van der Waals surface area contributed by atoms with Crippen molar-refractivity contribution < 1.29 is 9.90 Å². The van der Waals surface area contributed by atoms with Crippen molar-refractivity contribution >= 4 is 17.7 Å². The third-order valence-electron chi connectivity index (χ3n) is 4.81. The molecule has 0 aromatic heterocycles. The molecule has 1 rings (SSSR count). The number of amides is 1. The third kappa shape index (κ3) is 4.64. The molecule has 1 amide bonds. The summed E-state index contributed by atoms with van der Waals surface area (Å²) >= 11 is 1.77. The Morgan fingerprint density at radius 3 is 2.75 bits per heavy atom. The molecule has 1 aliphatic rings. The van der Waals surface area contributed by atoms with Crippen molar-refractivity contribution in [1.82, 2.24) is 5.32 Å². The number of hydrogen-bond acceptors (Lipinski definition) is 4. The van der Waals surface area contributed by atoms with Crippen LogP contribution in [-0.4, -0.2) is 41.7 Å². The van der Waals surface area contributed by atoms with Gasteiger partial charge in [-0.15, -0.1) is 0 Å². The largest absolute Gasteiger partial charge is 0.396 e. The second kappa shape index (κ2) is 8.25. The summed E-state index contributed by atoms with van der Waals surface area (Å²) in [6, 6.07) is 0.211. The predicted molar refractivity (Wildman–Crippen MR) is 85.7 cm³/mol. The van der Waals surface area contributed by atoms with Crippen molar-refractivity contribution in [2.24, 2.45) is 23.0 Å². The molecule has 118 valence electrons. The van der Waals surface area contributed by atoms with E-state index in [1.807, 2.05) is 0 Å². The van der Waals surface area contributed by atoms with Crippen molar-refractivity contribution in [2.75, 3.05) is 24.7 Å². The van der Waals surface area contributed by atoms with E-state index in [4.69, 9.17) is 10.8 Å². The molecule has 0 spiro atoms. The van der Waals surface area contributed by atoms with Gasteiger partial charge in [-0.2, -0.15) is 11.8 Å². The highest BCUT2D eigenvalue weighted by atomic mass is 32.2. The molecule has 3 atom stereocenters. The van der Waals surface area contributed by atoms with Crippen LogP contribution in [0.5, 0.6) is 0 Å². The van der Waals surface area contributed by atoms with Crippen molar-refractivity contribution in [3.8, 4) is 0 Å². The average Bonchev–Trinajstić information content (AvgIpc) is 2.40. The summed E-state index contributed by atoms with van der Waals surface area (Å²) in [5.74, 6) is 2.48. The maximum Gasteiger partial charge on any atom is 0.223 e.